The Bertz CT molecular complexity index is 1470. The number of amides is 1. The van der Waals surface area contributed by atoms with Crippen LogP contribution in [0.4, 0.5) is 18.9 Å². The van der Waals surface area contributed by atoms with E-state index < -0.39 is 18.0 Å². The molecule has 7 nitrogen and oxygen atoms in total. The molecule has 0 bridgehead atoms. The molecule has 3 heterocycles. The molecule has 1 aliphatic heterocycles. The number of hydrogen-bond acceptors (Lipinski definition) is 7. The first-order chi connectivity index (χ1) is 18.3. The quantitative estimate of drug-likeness (QED) is 0.190. The predicted molar refractivity (Wildman–Crippen MR) is 137 cm³/mol. The maximum atomic E-state index is 13.3. The fraction of sp³-hybridized carbons (Fsp3) is 0.259. The third kappa shape index (κ3) is 5.10. The number of rotatable bonds is 6. The van der Waals surface area contributed by atoms with Crippen molar-refractivity contribution < 1.29 is 27.1 Å². The Morgan fingerprint density at radius 1 is 1.08 bits per heavy atom. The van der Waals surface area contributed by atoms with Gasteiger partial charge in [0.05, 0.1) is 11.3 Å². The number of nitrogens with zero attached hydrogens (tertiary/aromatic N) is 4. The van der Waals surface area contributed by atoms with Gasteiger partial charge < -0.3 is 9.15 Å². The molecule has 0 aliphatic carbocycles. The SMILES string of the molecule is CCCCSc1nnc2c(n1)OC(c1ccc(-c3cccc(C(F)(F)F)c3)o1)N(C(C)=O)c1ccccc1-2. The molecule has 4 aromatic rings. The second-order valence-corrected chi connectivity index (χ2v) is 9.67. The number of ether oxygens (including phenoxy) is 1. The summed E-state index contributed by atoms with van der Waals surface area (Å²) in [5, 5.41) is 9.06. The van der Waals surface area contributed by atoms with Crippen LogP contribution in [0, 0.1) is 0 Å². The molecule has 38 heavy (non-hydrogen) atoms. The molecule has 0 saturated carbocycles. The third-order valence-electron chi connectivity index (χ3n) is 5.92. The van der Waals surface area contributed by atoms with E-state index in [2.05, 4.69) is 22.1 Å². The van der Waals surface area contributed by atoms with E-state index in [1.807, 2.05) is 6.07 Å². The van der Waals surface area contributed by atoms with Crippen molar-refractivity contribution in [3.05, 3.63) is 72.0 Å². The van der Waals surface area contributed by atoms with Gasteiger partial charge in [-0.2, -0.15) is 18.2 Å². The van der Waals surface area contributed by atoms with Gasteiger partial charge in [-0.05, 0) is 36.8 Å². The maximum Gasteiger partial charge on any atom is 0.416 e. The zero-order chi connectivity index (χ0) is 26.9. The zero-order valence-electron chi connectivity index (χ0n) is 20.5. The number of fused-ring (bicyclic) bond motifs is 3. The van der Waals surface area contributed by atoms with Crippen LogP contribution in [0.15, 0.2) is 70.2 Å². The minimum atomic E-state index is -4.49. The van der Waals surface area contributed by atoms with Crippen molar-refractivity contribution in [2.45, 2.75) is 44.2 Å². The van der Waals surface area contributed by atoms with Gasteiger partial charge in [0.25, 0.3) is 0 Å². The number of benzene rings is 2. The average molecular weight is 541 g/mol. The summed E-state index contributed by atoms with van der Waals surface area (Å²) in [4.78, 5) is 18.9. The van der Waals surface area contributed by atoms with Crippen molar-refractivity contribution in [1.82, 2.24) is 15.2 Å². The number of hydrogen-bond donors (Lipinski definition) is 0. The van der Waals surface area contributed by atoms with Gasteiger partial charge in [-0.3, -0.25) is 9.69 Å². The molecule has 196 valence electrons. The van der Waals surface area contributed by atoms with Gasteiger partial charge in [0.15, 0.2) is 11.5 Å². The smallest absolute Gasteiger partial charge is 0.416 e. The Kier molecular flexibility index (Phi) is 7.11. The van der Waals surface area contributed by atoms with Crippen LogP contribution < -0.4 is 9.64 Å². The number of furan rings is 1. The maximum absolute atomic E-state index is 13.3. The number of aromatic nitrogens is 3. The highest BCUT2D eigenvalue weighted by Gasteiger charge is 2.37. The molecule has 0 fully saturated rings. The van der Waals surface area contributed by atoms with E-state index in [0.29, 0.717) is 22.1 Å². The molecule has 0 spiro atoms. The van der Waals surface area contributed by atoms with Gasteiger partial charge in [0, 0.05) is 23.8 Å². The first-order valence-electron chi connectivity index (χ1n) is 12.0. The molecule has 2 aromatic heterocycles. The Morgan fingerprint density at radius 2 is 1.89 bits per heavy atom. The monoisotopic (exact) mass is 540 g/mol. The number of unbranched alkanes of at least 4 members (excludes halogenated alkanes) is 1. The van der Waals surface area contributed by atoms with Gasteiger partial charge >= 0.3 is 6.18 Å². The van der Waals surface area contributed by atoms with Crippen LogP contribution in [-0.2, 0) is 11.0 Å². The van der Waals surface area contributed by atoms with E-state index in [-0.39, 0.29) is 28.9 Å². The minimum absolute atomic E-state index is 0.178. The molecule has 2 aromatic carbocycles. The van der Waals surface area contributed by atoms with Crippen LogP contribution in [0.5, 0.6) is 5.88 Å². The summed E-state index contributed by atoms with van der Waals surface area (Å²) < 4.78 is 52.1. The lowest BCUT2D eigenvalue weighted by Crippen LogP contribution is -2.35. The summed E-state index contributed by atoms with van der Waals surface area (Å²) in [7, 11) is 0. The summed E-state index contributed by atoms with van der Waals surface area (Å²) in [5.41, 5.74) is 0.952. The highest BCUT2D eigenvalue weighted by atomic mass is 32.2. The van der Waals surface area contributed by atoms with Gasteiger partial charge in [-0.15, -0.1) is 10.2 Å². The van der Waals surface area contributed by atoms with E-state index in [1.54, 1.807) is 30.3 Å². The average Bonchev–Trinajstić information content (AvgIpc) is 3.33. The van der Waals surface area contributed by atoms with E-state index in [9.17, 15) is 18.0 Å². The fourth-order valence-corrected chi connectivity index (χ4v) is 4.96. The van der Waals surface area contributed by atoms with Crippen molar-refractivity contribution in [3.8, 4) is 28.5 Å². The van der Waals surface area contributed by atoms with Crippen LogP contribution in [-0.4, -0.2) is 26.8 Å². The molecule has 1 atom stereocenters. The number of para-hydroxylation sites is 1. The van der Waals surface area contributed by atoms with Gasteiger partial charge in [0.2, 0.25) is 23.2 Å². The van der Waals surface area contributed by atoms with Crippen LogP contribution in [0.3, 0.4) is 0 Å². The number of alkyl halides is 3. The molecule has 0 radical (unpaired) electrons. The standard InChI is InChI=1S/C27H23F3N4O3S/c1-3-4-14-38-26-31-24-23(32-33-26)19-10-5-6-11-20(19)34(16(2)35)25(37-24)22-13-12-21(36-22)17-8-7-9-18(15-17)27(28,29)30/h5-13,15,25H,3-4,14H2,1-2H3. The van der Waals surface area contributed by atoms with Crippen LogP contribution in [0.25, 0.3) is 22.6 Å². The zero-order valence-corrected chi connectivity index (χ0v) is 21.3. The normalized spacial score (nSPS) is 14.9. The first kappa shape index (κ1) is 25.8. The topological polar surface area (TPSA) is 81.3 Å². The van der Waals surface area contributed by atoms with E-state index in [4.69, 9.17) is 9.15 Å². The molecule has 1 aliphatic rings. The van der Waals surface area contributed by atoms with E-state index in [1.165, 1.54) is 35.7 Å². The van der Waals surface area contributed by atoms with Crippen LogP contribution in [0.2, 0.25) is 0 Å². The Hall–Kier alpha value is -3.86. The number of carbonyl (C=O) groups is 1. The van der Waals surface area contributed by atoms with Crippen molar-refractivity contribution in [2.24, 2.45) is 0 Å². The highest BCUT2D eigenvalue weighted by molar-refractivity contribution is 7.99. The molecular weight excluding hydrogens is 517 g/mol. The summed E-state index contributed by atoms with van der Waals surface area (Å²) in [6.07, 6.45) is -3.56. The number of carbonyl (C=O) groups excluding carboxylic acids is 1. The van der Waals surface area contributed by atoms with Crippen molar-refractivity contribution >= 4 is 23.4 Å². The Morgan fingerprint density at radius 3 is 2.66 bits per heavy atom. The molecule has 0 N–H and O–H groups in total. The number of halogens is 3. The second-order valence-electron chi connectivity index (χ2n) is 8.61. The van der Waals surface area contributed by atoms with Crippen molar-refractivity contribution in [3.63, 3.8) is 0 Å². The fourth-order valence-electron chi connectivity index (χ4n) is 4.10. The number of anilines is 1. The van der Waals surface area contributed by atoms with Gasteiger partial charge in [-0.25, -0.2) is 0 Å². The lowest BCUT2D eigenvalue weighted by atomic mass is 10.1. The molecule has 11 heteroatoms. The van der Waals surface area contributed by atoms with E-state index in [0.717, 1.165) is 30.7 Å². The van der Waals surface area contributed by atoms with Crippen molar-refractivity contribution in [2.75, 3.05) is 10.7 Å². The van der Waals surface area contributed by atoms with Gasteiger partial charge in [-0.1, -0.05) is 55.4 Å². The molecule has 0 saturated heterocycles. The third-order valence-corrected chi connectivity index (χ3v) is 6.85. The molecule has 5 rings (SSSR count). The molecular formula is C27H23F3N4O3S. The second kappa shape index (κ2) is 10.5. The number of thioether (sulfide) groups is 1. The summed E-state index contributed by atoms with van der Waals surface area (Å²) >= 11 is 1.45. The Labute approximate surface area is 221 Å². The Balaban J connectivity index is 1.58. The first-order valence-corrected chi connectivity index (χ1v) is 13.0. The predicted octanol–water partition coefficient (Wildman–Crippen LogP) is 7.15. The summed E-state index contributed by atoms with van der Waals surface area (Å²) in [6.45, 7) is 3.49. The lowest BCUT2D eigenvalue weighted by Gasteiger charge is -2.28. The molecule has 1 amide bonds. The van der Waals surface area contributed by atoms with Crippen molar-refractivity contribution in [1.29, 1.82) is 0 Å². The van der Waals surface area contributed by atoms with E-state index >= 15 is 0 Å². The van der Waals surface area contributed by atoms with Crippen LogP contribution in [0.1, 0.15) is 44.2 Å². The van der Waals surface area contributed by atoms with Gasteiger partial charge in [0.1, 0.15) is 5.76 Å². The van der Waals surface area contributed by atoms with Crippen LogP contribution >= 0.6 is 11.8 Å². The lowest BCUT2D eigenvalue weighted by molar-refractivity contribution is -0.137. The summed E-state index contributed by atoms with van der Waals surface area (Å²) in [6, 6.07) is 15.1. The molecule has 1 unspecified atom stereocenters. The minimum Gasteiger partial charge on any atom is -0.455 e. The largest absolute Gasteiger partial charge is 0.455 e. The summed E-state index contributed by atoms with van der Waals surface area (Å²) in [5.74, 6) is 1.08. The highest BCUT2D eigenvalue weighted by Crippen LogP contribution is 2.44.